The van der Waals surface area contributed by atoms with Crippen molar-refractivity contribution in [3.05, 3.63) is 40.1 Å². The lowest BCUT2D eigenvalue weighted by atomic mass is 10.3. The van der Waals surface area contributed by atoms with Crippen LogP contribution in [-0.2, 0) is 5.33 Å². The lowest BCUT2D eigenvalue weighted by Gasteiger charge is -2.06. The predicted octanol–water partition coefficient (Wildman–Crippen LogP) is 3.47. The summed E-state index contributed by atoms with van der Waals surface area (Å²) in [4.78, 5) is 0. The van der Waals surface area contributed by atoms with Gasteiger partial charge in [0.05, 0.1) is 22.6 Å². The Kier molecular flexibility index (Phi) is 3.29. The number of rotatable bonds is 2. The average Bonchev–Trinajstić information content (AvgIpc) is 2.65. The van der Waals surface area contributed by atoms with Gasteiger partial charge < -0.3 is 0 Å². The molecule has 0 aliphatic rings. The first-order chi connectivity index (χ1) is 7.22. The van der Waals surface area contributed by atoms with Crippen LogP contribution in [0.15, 0.2) is 24.4 Å². The second kappa shape index (κ2) is 4.51. The molecule has 0 aliphatic carbocycles. The number of halogens is 3. The molecule has 0 radical (unpaired) electrons. The maximum Gasteiger partial charge on any atom is 0.0854 e. The third-order valence-corrected chi connectivity index (χ3v) is 3.01. The number of nitrogens with zero attached hydrogens (tertiary/aromatic N) is 3. The minimum atomic E-state index is 0.551. The largest absolute Gasteiger partial charge is 0.215 e. The zero-order valence-electron chi connectivity index (χ0n) is 7.49. The van der Waals surface area contributed by atoms with Gasteiger partial charge >= 0.3 is 0 Å². The van der Waals surface area contributed by atoms with Gasteiger partial charge in [-0.25, -0.2) is 4.68 Å². The van der Waals surface area contributed by atoms with Crippen molar-refractivity contribution in [3.63, 3.8) is 0 Å². The smallest absolute Gasteiger partial charge is 0.0854 e. The maximum absolute atomic E-state index is 6.06. The van der Waals surface area contributed by atoms with Crippen LogP contribution in [-0.4, -0.2) is 15.0 Å². The van der Waals surface area contributed by atoms with Crippen molar-refractivity contribution in [2.45, 2.75) is 5.33 Å². The molecule has 1 heterocycles. The molecular weight excluding hydrogens is 301 g/mol. The molecule has 2 rings (SSSR count). The van der Waals surface area contributed by atoms with Crippen molar-refractivity contribution >= 4 is 39.1 Å². The minimum Gasteiger partial charge on any atom is -0.215 e. The van der Waals surface area contributed by atoms with Gasteiger partial charge in [0, 0.05) is 10.4 Å². The Hall–Kier alpha value is -0.580. The van der Waals surface area contributed by atoms with Gasteiger partial charge in [-0.1, -0.05) is 44.3 Å². The summed E-state index contributed by atoms with van der Waals surface area (Å²) < 4.78 is 1.67. The first kappa shape index (κ1) is 10.9. The minimum absolute atomic E-state index is 0.551. The Morgan fingerprint density at radius 2 is 2.13 bits per heavy atom. The standard InChI is InChI=1S/C9H6BrCl2N3/c10-4-7-5-13-14-15(7)9-2-1-6(11)3-8(9)12/h1-3,5H,4H2. The van der Waals surface area contributed by atoms with Gasteiger partial charge in [0.2, 0.25) is 0 Å². The maximum atomic E-state index is 6.06. The zero-order chi connectivity index (χ0) is 10.8. The Morgan fingerprint density at radius 3 is 2.80 bits per heavy atom. The molecule has 0 amide bonds. The third-order valence-electron chi connectivity index (χ3n) is 1.89. The summed E-state index contributed by atoms with van der Waals surface area (Å²) in [5.74, 6) is 0. The summed E-state index contributed by atoms with van der Waals surface area (Å²) in [6, 6.07) is 5.26. The highest BCUT2D eigenvalue weighted by Gasteiger charge is 2.08. The van der Waals surface area contributed by atoms with Crippen LogP contribution in [0.5, 0.6) is 0 Å². The summed E-state index contributed by atoms with van der Waals surface area (Å²) in [6.07, 6.45) is 1.68. The Labute approximate surface area is 105 Å². The molecule has 2 aromatic rings. The first-order valence-electron chi connectivity index (χ1n) is 4.13. The fourth-order valence-corrected chi connectivity index (χ4v) is 2.07. The van der Waals surface area contributed by atoms with Crippen molar-refractivity contribution in [2.24, 2.45) is 0 Å². The van der Waals surface area contributed by atoms with E-state index in [-0.39, 0.29) is 0 Å². The Bertz CT molecular complexity index is 484. The number of alkyl halides is 1. The van der Waals surface area contributed by atoms with E-state index in [1.54, 1.807) is 23.0 Å². The van der Waals surface area contributed by atoms with Crippen LogP contribution in [0.25, 0.3) is 5.69 Å². The van der Waals surface area contributed by atoms with Crippen molar-refractivity contribution in [1.82, 2.24) is 15.0 Å². The Balaban J connectivity index is 2.54. The van der Waals surface area contributed by atoms with Gasteiger partial charge in [-0.2, -0.15) is 0 Å². The van der Waals surface area contributed by atoms with Gasteiger partial charge in [-0.05, 0) is 18.2 Å². The molecule has 3 nitrogen and oxygen atoms in total. The molecule has 15 heavy (non-hydrogen) atoms. The molecule has 0 fully saturated rings. The summed E-state index contributed by atoms with van der Waals surface area (Å²) in [5.41, 5.74) is 1.70. The normalized spacial score (nSPS) is 10.6. The van der Waals surface area contributed by atoms with E-state index in [2.05, 4.69) is 26.2 Å². The topological polar surface area (TPSA) is 30.7 Å². The SMILES string of the molecule is Clc1ccc(-n2nncc2CBr)c(Cl)c1. The molecule has 0 unspecified atom stereocenters. The van der Waals surface area contributed by atoms with E-state index in [0.717, 1.165) is 11.4 Å². The quantitative estimate of drug-likeness (QED) is 0.795. The van der Waals surface area contributed by atoms with Gasteiger partial charge in [0.15, 0.2) is 0 Å². The lowest BCUT2D eigenvalue weighted by Crippen LogP contribution is -2.01. The lowest BCUT2D eigenvalue weighted by molar-refractivity contribution is 0.783. The van der Waals surface area contributed by atoms with E-state index < -0.39 is 0 Å². The average molecular weight is 307 g/mol. The summed E-state index contributed by atoms with van der Waals surface area (Å²) >= 11 is 15.2. The molecule has 0 aliphatic heterocycles. The van der Waals surface area contributed by atoms with E-state index in [0.29, 0.717) is 15.4 Å². The molecule has 6 heteroatoms. The van der Waals surface area contributed by atoms with Crippen LogP contribution in [0, 0.1) is 0 Å². The number of hydrogen-bond donors (Lipinski definition) is 0. The van der Waals surface area contributed by atoms with Crippen molar-refractivity contribution in [3.8, 4) is 5.69 Å². The fraction of sp³-hybridized carbons (Fsp3) is 0.111. The van der Waals surface area contributed by atoms with E-state index in [1.165, 1.54) is 0 Å². The summed E-state index contributed by atoms with van der Waals surface area (Å²) in [5, 5.41) is 9.60. The molecular formula is C9H6BrCl2N3. The predicted molar refractivity (Wildman–Crippen MR) is 64.0 cm³/mol. The van der Waals surface area contributed by atoms with Crippen molar-refractivity contribution in [1.29, 1.82) is 0 Å². The molecule has 0 atom stereocenters. The van der Waals surface area contributed by atoms with Gasteiger partial charge in [0.25, 0.3) is 0 Å². The highest BCUT2D eigenvalue weighted by Crippen LogP contribution is 2.24. The van der Waals surface area contributed by atoms with Crippen LogP contribution in [0.1, 0.15) is 5.69 Å². The molecule has 0 spiro atoms. The van der Waals surface area contributed by atoms with Gasteiger partial charge in [-0.15, -0.1) is 5.10 Å². The van der Waals surface area contributed by atoms with Crippen molar-refractivity contribution < 1.29 is 0 Å². The van der Waals surface area contributed by atoms with Crippen LogP contribution < -0.4 is 0 Å². The molecule has 1 aromatic heterocycles. The van der Waals surface area contributed by atoms with Crippen molar-refractivity contribution in [2.75, 3.05) is 0 Å². The first-order valence-corrected chi connectivity index (χ1v) is 6.01. The van der Waals surface area contributed by atoms with Gasteiger partial charge in [0.1, 0.15) is 0 Å². The molecule has 0 N–H and O–H groups in total. The second-order valence-corrected chi connectivity index (χ2v) is 4.27. The second-order valence-electron chi connectivity index (χ2n) is 2.87. The fourth-order valence-electron chi connectivity index (χ4n) is 1.20. The molecule has 0 saturated heterocycles. The summed E-state index contributed by atoms with van der Waals surface area (Å²) in [6.45, 7) is 0. The van der Waals surface area contributed by atoms with Crippen LogP contribution >= 0.6 is 39.1 Å². The van der Waals surface area contributed by atoms with Crippen LogP contribution in [0.2, 0.25) is 10.0 Å². The van der Waals surface area contributed by atoms with E-state index in [4.69, 9.17) is 23.2 Å². The van der Waals surface area contributed by atoms with Crippen LogP contribution in [0.4, 0.5) is 0 Å². The zero-order valence-corrected chi connectivity index (χ0v) is 10.6. The van der Waals surface area contributed by atoms with Gasteiger partial charge in [-0.3, -0.25) is 0 Å². The highest BCUT2D eigenvalue weighted by atomic mass is 79.9. The monoisotopic (exact) mass is 305 g/mol. The number of aromatic nitrogens is 3. The van der Waals surface area contributed by atoms with E-state index in [1.807, 2.05) is 6.07 Å². The highest BCUT2D eigenvalue weighted by molar-refractivity contribution is 9.08. The third kappa shape index (κ3) is 2.17. The number of benzene rings is 1. The molecule has 0 saturated carbocycles. The van der Waals surface area contributed by atoms with Crippen LogP contribution in [0.3, 0.4) is 0 Å². The number of hydrogen-bond acceptors (Lipinski definition) is 2. The van der Waals surface area contributed by atoms with E-state index in [9.17, 15) is 0 Å². The summed E-state index contributed by atoms with van der Waals surface area (Å²) in [7, 11) is 0. The molecule has 0 bridgehead atoms. The molecule has 78 valence electrons. The van der Waals surface area contributed by atoms with E-state index >= 15 is 0 Å². The molecule has 1 aromatic carbocycles. The Morgan fingerprint density at radius 1 is 1.33 bits per heavy atom.